The molecule has 104 valence electrons. The predicted molar refractivity (Wildman–Crippen MR) is 79.2 cm³/mol. The van der Waals surface area contributed by atoms with Crippen LogP contribution in [-0.4, -0.2) is 26.4 Å². The third kappa shape index (κ3) is 3.75. The standard InChI is InChI=1S/C14H26N2OS/c1-5-12-14(11(4)17)13(6-2)16(15-12)9-8-10-18-7-3/h11,17H,5-10H2,1-4H3. The smallest absolute Gasteiger partial charge is 0.0798 e. The number of aliphatic hydroxyl groups is 1. The van der Waals surface area contributed by atoms with Crippen LogP contribution < -0.4 is 0 Å². The van der Waals surface area contributed by atoms with Gasteiger partial charge < -0.3 is 5.11 Å². The highest BCUT2D eigenvalue weighted by molar-refractivity contribution is 7.99. The van der Waals surface area contributed by atoms with E-state index in [2.05, 4.69) is 30.6 Å². The molecule has 0 aliphatic rings. The van der Waals surface area contributed by atoms with Crippen molar-refractivity contribution in [2.24, 2.45) is 0 Å². The zero-order valence-electron chi connectivity index (χ0n) is 12.1. The number of aromatic nitrogens is 2. The number of rotatable bonds is 8. The maximum Gasteiger partial charge on any atom is 0.0798 e. The first-order chi connectivity index (χ1) is 8.65. The molecule has 0 aliphatic carbocycles. The number of aryl methyl sites for hydroxylation is 2. The van der Waals surface area contributed by atoms with Crippen molar-refractivity contribution in [3.8, 4) is 0 Å². The van der Waals surface area contributed by atoms with Crippen LogP contribution in [0.3, 0.4) is 0 Å². The first-order valence-electron chi connectivity index (χ1n) is 6.99. The summed E-state index contributed by atoms with van der Waals surface area (Å²) in [7, 11) is 0. The highest BCUT2D eigenvalue weighted by Crippen LogP contribution is 2.23. The van der Waals surface area contributed by atoms with Crippen molar-refractivity contribution in [1.82, 2.24) is 9.78 Å². The van der Waals surface area contributed by atoms with Crippen molar-refractivity contribution in [3.63, 3.8) is 0 Å². The molecule has 1 aromatic heterocycles. The van der Waals surface area contributed by atoms with Gasteiger partial charge in [-0.3, -0.25) is 4.68 Å². The minimum Gasteiger partial charge on any atom is -0.389 e. The van der Waals surface area contributed by atoms with Crippen molar-refractivity contribution < 1.29 is 5.11 Å². The molecule has 0 aliphatic heterocycles. The molecule has 0 amide bonds. The second-order valence-corrected chi connectivity index (χ2v) is 5.86. The van der Waals surface area contributed by atoms with Gasteiger partial charge in [0.2, 0.25) is 0 Å². The summed E-state index contributed by atoms with van der Waals surface area (Å²) in [5, 5.41) is 14.6. The van der Waals surface area contributed by atoms with Gasteiger partial charge in [0, 0.05) is 17.8 Å². The quantitative estimate of drug-likeness (QED) is 0.737. The largest absolute Gasteiger partial charge is 0.389 e. The molecule has 0 bridgehead atoms. The third-order valence-corrected chi connectivity index (χ3v) is 4.11. The highest BCUT2D eigenvalue weighted by atomic mass is 32.2. The van der Waals surface area contributed by atoms with Crippen LogP contribution in [0.5, 0.6) is 0 Å². The molecule has 0 fully saturated rings. The molecule has 1 unspecified atom stereocenters. The zero-order valence-corrected chi connectivity index (χ0v) is 12.9. The summed E-state index contributed by atoms with van der Waals surface area (Å²) in [6.45, 7) is 9.24. The lowest BCUT2D eigenvalue weighted by atomic mass is 10.0. The fourth-order valence-electron chi connectivity index (χ4n) is 2.33. The number of hydrogen-bond donors (Lipinski definition) is 1. The fourth-order valence-corrected chi connectivity index (χ4v) is 2.95. The highest BCUT2D eigenvalue weighted by Gasteiger charge is 2.18. The van der Waals surface area contributed by atoms with Crippen LogP contribution in [0, 0.1) is 0 Å². The number of nitrogens with zero attached hydrogens (tertiary/aromatic N) is 2. The molecule has 1 atom stereocenters. The van der Waals surface area contributed by atoms with Crippen molar-refractivity contribution in [2.45, 2.75) is 59.6 Å². The number of thioether (sulfide) groups is 1. The van der Waals surface area contributed by atoms with Crippen LogP contribution in [0.1, 0.15) is 57.2 Å². The van der Waals surface area contributed by atoms with E-state index in [-0.39, 0.29) is 0 Å². The first kappa shape index (κ1) is 15.6. The molecule has 1 heterocycles. The molecule has 0 saturated carbocycles. The first-order valence-corrected chi connectivity index (χ1v) is 8.15. The number of hydrogen-bond acceptors (Lipinski definition) is 3. The van der Waals surface area contributed by atoms with E-state index >= 15 is 0 Å². The average molecular weight is 270 g/mol. The van der Waals surface area contributed by atoms with E-state index in [1.807, 2.05) is 18.7 Å². The molecular weight excluding hydrogens is 244 g/mol. The number of aliphatic hydroxyl groups excluding tert-OH is 1. The van der Waals surface area contributed by atoms with Crippen molar-refractivity contribution in [1.29, 1.82) is 0 Å². The maximum atomic E-state index is 9.91. The van der Waals surface area contributed by atoms with E-state index in [1.165, 1.54) is 17.2 Å². The lowest BCUT2D eigenvalue weighted by molar-refractivity contribution is 0.197. The Bertz CT molecular complexity index is 361. The van der Waals surface area contributed by atoms with E-state index in [0.29, 0.717) is 0 Å². The molecule has 0 aromatic carbocycles. The summed E-state index contributed by atoms with van der Waals surface area (Å²) in [4.78, 5) is 0. The Balaban J connectivity index is 2.83. The Labute approximate surface area is 115 Å². The Kier molecular flexibility index (Phi) is 6.79. The molecule has 0 radical (unpaired) electrons. The summed E-state index contributed by atoms with van der Waals surface area (Å²) < 4.78 is 2.11. The summed E-state index contributed by atoms with van der Waals surface area (Å²) >= 11 is 1.97. The monoisotopic (exact) mass is 270 g/mol. The van der Waals surface area contributed by atoms with Gasteiger partial charge in [-0.2, -0.15) is 16.9 Å². The van der Waals surface area contributed by atoms with Gasteiger partial charge in [0.25, 0.3) is 0 Å². The van der Waals surface area contributed by atoms with Crippen LogP contribution in [0.2, 0.25) is 0 Å². The maximum absolute atomic E-state index is 9.91. The van der Waals surface area contributed by atoms with E-state index in [1.54, 1.807) is 0 Å². The van der Waals surface area contributed by atoms with Gasteiger partial charge in [-0.05, 0) is 37.7 Å². The fraction of sp³-hybridized carbons (Fsp3) is 0.786. The molecule has 1 aromatic rings. The van der Waals surface area contributed by atoms with E-state index < -0.39 is 6.10 Å². The molecular formula is C14H26N2OS. The van der Waals surface area contributed by atoms with E-state index in [9.17, 15) is 5.11 Å². The molecule has 0 spiro atoms. The summed E-state index contributed by atoms with van der Waals surface area (Å²) in [6.07, 6.45) is 2.57. The minimum absolute atomic E-state index is 0.409. The molecule has 1 N–H and O–H groups in total. The SMILES string of the molecule is CCSCCCn1nc(CC)c(C(C)O)c1CC. The van der Waals surface area contributed by atoms with Gasteiger partial charge in [-0.1, -0.05) is 20.8 Å². The molecule has 1 rings (SSSR count). The van der Waals surface area contributed by atoms with Gasteiger partial charge in [-0.15, -0.1) is 0 Å². The minimum atomic E-state index is -0.409. The lowest BCUT2D eigenvalue weighted by Gasteiger charge is -2.09. The van der Waals surface area contributed by atoms with Crippen molar-refractivity contribution >= 4 is 11.8 Å². The Morgan fingerprint density at radius 3 is 2.50 bits per heavy atom. The predicted octanol–water partition coefficient (Wildman–Crippen LogP) is 3.20. The van der Waals surface area contributed by atoms with Crippen LogP contribution >= 0.6 is 11.8 Å². The summed E-state index contributed by atoms with van der Waals surface area (Å²) in [5.74, 6) is 2.36. The van der Waals surface area contributed by atoms with Crippen LogP contribution in [0.15, 0.2) is 0 Å². The second kappa shape index (κ2) is 7.85. The van der Waals surface area contributed by atoms with Crippen LogP contribution in [-0.2, 0) is 19.4 Å². The second-order valence-electron chi connectivity index (χ2n) is 4.46. The Hall–Kier alpha value is -0.480. The Morgan fingerprint density at radius 1 is 1.28 bits per heavy atom. The van der Waals surface area contributed by atoms with E-state index in [0.717, 1.165) is 37.1 Å². The van der Waals surface area contributed by atoms with Gasteiger partial charge in [-0.25, -0.2) is 0 Å². The third-order valence-electron chi connectivity index (χ3n) is 3.13. The molecule has 18 heavy (non-hydrogen) atoms. The van der Waals surface area contributed by atoms with Crippen molar-refractivity contribution in [2.75, 3.05) is 11.5 Å². The van der Waals surface area contributed by atoms with Crippen LogP contribution in [0.25, 0.3) is 0 Å². The molecule has 4 heteroatoms. The topological polar surface area (TPSA) is 38.0 Å². The van der Waals surface area contributed by atoms with Gasteiger partial charge >= 0.3 is 0 Å². The van der Waals surface area contributed by atoms with Gasteiger partial charge in [0.1, 0.15) is 0 Å². The summed E-state index contributed by atoms with van der Waals surface area (Å²) in [6, 6.07) is 0. The summed E-state index contributed by atoms with van der Waals surface area (Å²) in [5.41, 5.74) is 3.33. The van der Waals surface area contributed by atoms with Crippen molar-refractivity contribution in [3.05, 3.63) is 17.0 Å². The van der Waals surface area contributed by atoms with Crippen LogP contribution in [0.4, 0.5) is 0 Å². The van der Waals surface area contributed by atoms with Gasteiger partial charge in [0.05, 0.1) is 11.8 Å². The normalized spacial score (nSPS) is 12.9. The average Bonchev–Trinajstić information content (AvgIpc) is 2.72. The van der Waals surface area contributed by atoms with Gasteiger partial charge in [0.15, 0.2) is 0 Å². The lowest BCUT2D eigenvalue weighted by Crippen LogP contribution is -2.07. The molecule has 0 saturated heterocycles. The Morgan fingerprint density at radius 2 is 2.00 bits per heavy atom. The molecule has 3 nitrogen and oxygen atoms in total. The van der Waals surface area contributed by atoms with E-state index in [4.69, 9.17) is 0 Å². The zero-order chi connectivity index (χ0) is 13.5.